The number of hydrogen-bond donors (Lipinski definition) is 0. The third-order valence-electron chi connectivity index (χ3n) is 2.31. The van der Waals surface area contributed by atoms with E-state index in [1.54, 1.807) is 0 Å². The van der Waals surface area contributed by atoms with Crippen LogP contribution >= 0.6 is 0 Å². The molecule has 2 heterocycles. The molecule has 0 amide bonds. The smallest absolute Gasteiger partial charge is 0.178 e. The molecule has 1 aliphatic rings. The summed E-state index contributed by atoms with van der Waals surface area (Å²) in [7, 11) is 1.96. The van der Waals surface area contributed by atoms with Crippen LogP contribution in [0, 0.1) is 6.33 Å². The molecule has 2 rings (SSSR count). The van der Waals surface area contributed by atoms with E-state index in [1.165, 1.54) is 19.3 Å². The minimum absolute atomic E-state index is 1.08. The zero-order valence-electron chi connectivity index (χ0n) is 7.45. The van der Waals surface area contributed by atoms with E-state index in [4.69, 9.17) is 0 Å². The monoisotopic (exact) mass is 164 g/mol. The van der Waals surface area contributed by atoms with Crippen molar-refractivity contribution in [1.82, 2.24) is 9.55 Å². The SMILES string of the molecule is Cn1[c]nc(N2CCCCC2)c1. The molecule has 0 bridgehead atoms. The number of aromatic nitrogens is 2. The van der Waals surface area contributed by atoms with E-state index in [1.807, 2.05) is 17.8 Å². The lowest BCUT2D eigenvalue weighted by Gasteiger charge is -2.26. The zero-order valence-corrected chi connectivity index (χ0v) is 7.45. The third kappa shape index (κ3) is 1.44. The maximum atomic E-state index is 4.20. The predicted molar refractivity (Wildman–Crippen MR) is 48.1 cm³/mol. The molecule has 0 unspecified atom stereocenters. The van der Waals surface area contributed by atoms with Crippen molar-refractivity contribution in [3.05, 3.63) is 12.5 Å². The Morgan fingerprint density at radius 3 is 2.67 bits per heavy atom. The van der Waals surface area contributed by atoms with Crippen LogP contribution in [-0.2, 0) is 7.05 Å². The van der Waals surface area contributed by atoms with Crippen molar-refractivity contribution in [2.75, 3.05) is 18.0 Å². The van der Waals surface area contributed by atoms with Gasteiger partial charge >= 0.3 is 0 Å². The van der Waals surface area contributed by atoms with Crippen LogP contribution in [0.15, 0.2) is 6.20 Å². The molecular formula is C9H14N3. The van der Waals surface area contributed by atoms with Crippen LogP contribution in [0.25, 0.3) is 0 Å². The van der Waals surface area contributed by atoms with Gasteiger partial charge in [-0.25, -0.2) is 4.98 Å². The first-order chi connectivity index (χ1) is 5.86. The molecule has 1 aromatic heterocycles. The average Bonchev–Trinajstić information content (AvgIpc) is 2.54. The summed E-state index contributed by atoms with van der Waals surface area (Å²) < 4.78 is 1.88. The Hall–Kier alpha value is -0.990. The fraction of sp³-hybridized carbons (Fsp3) is 0.667. The summed E-state index contributed by atoms with van der Waals surface area (Å²) in [6.45, 7) is 2.32. The molecule has 0 spiro atoms. The van der Waals surface area contributed by atoms with Gasteiger partial charge in [0.2, 0.25) is 0 Å². The highest BCUT2D eigenvalue weighted by Crippen LogP contribution is 2.16. The van der Waals surface area contributed by atoms with Gasteiger partial charge in [-0.1, -0.05) is 0 Å². The van der Waals surface area contributed by atoms with Gasteiger partial charge < -0.3 is 9.47 Å². The Morgan fingerprint density at radius 1 is 1.33 bits per heavy atom. The molecule has 0 atom stereocenters. The standard InChI is InChI=1S/C9H14N3/c1-11-7-9(10-8-11)12-5-3-2-4-6-12/h7H,2-6H2,1H3. The molecule has 1 aromatic rings. The van der Waals surface area contributed by atoms with Crippen LogP contribution < -0.4 is 4.90 Å². The first kappa shape index (κ1) is 7.65. The summed E-state index contributed by atoms with van der Waals surface area (Å²) in [5.74, 6) is 1.08. The van der Waals surface area contributed by atoms with E-state index in [0.29, 0.717) is 0 Å². The summed E-state index contributed by atoms with van der Waals surface area (Å²) in [6.07, 6.45) is 8.90. The fourth-order valence-electron chi connectivity index (χ4n) is 1.64. The lowest BCUT2D eigenvalue weighted by molar-refractivity contribution is 0.574. The Kier molecular flexibility index (Phi) is 2.02. The van der Waals surface area contributed by atoms with Crippen LogP contribution in [-0.4, -0.2) is 22.6 Å². The molecule has 0 aliphatic carbocycles. The van der Waals surface area contributed by atoms with Gasteiger partial charge in [0.25, 0.3) is 0 Å². The predicted octanol–water partition coefficient (Wildman–Crippen LogP) is 1.21. The van der Waals surface area contributed by atoms with E-state index in [-0.39, 0.29) is 0 Å². The van der Waals surface area contributed by atoms with Gasteiger partial charge in [0.15, 0.2) is 6.33 Å². The van der Waals surface area contributed by atoms with Gasteiger partial charge in [-0.15, -0.1) is 0 Å². The van der Waals surface area contributed by atoms with Crippen molar-refractivity contribution in [3.63, 3.8) is 0 Å². The average molecular weight is 164 g/mol. The molecule has 3 heteroatoms. The molecule has 1 saturated heterocycles. The first-order valence-corrected chi connectivity index (χ1v) is 4.52. The summed E-state index contributed by atoms with van der Waals surface area (Å²) in [6, 6.07) is 0. The maximum Gasteiger partial charge on any atom is 0.178 e. The fourth-order valence-corrected chi connectivity index (χ4v) is 1.64. The van der Waals surface area contributed by atoms with Crippen molar-refractivity contribution in [2.24, 2.45) is 7.05 Å². The van der Waals surface area contributed by atoms with Gasteiger partial charge in [-0.3, -0.25) is 0 Å². The second-order valence-electron chi connectivity index (χ2n) is 3.36. The Morgan fingerprint density at radius 2 is 2.08 bits per heavy atom. The van der Waals surface area contributed by atoms with Crippen LogP contribution in [0.2, 0.25) is 0 Å². The maximum absolute atomic E-state index is 4.20. The van der Waals surface area contributed by atoms with Crippen molar-refractivity contribution in [3.8, 4) is 0 Å². The Bertz CT molecular complexity index is 248. The second kappa shape index (κ2) is 3.17. The van der Waals surface area contributed by atoms with Crippen molar-refractivity contribution >= 4 is 5.82 Å². The van der Waals surface area contributed by atoms with E-state index < -0.39 is 0 Å². The number of imidazole rings is 1. The highest BCUT2D eigenvalue weighted by Gasteiger charge is 2.12. The molecule has 65 valence electrons. The van der Waals surface area contributed by atoms with Crippen LogP contribution in [0.5, 0.6) is 0 Å². The zero-order chi connectivity index (χ0) is 8.39. The van der Waals surface area contributed by atoms with Crippen molar-refractivity contribution in [2.45, 2.75) is 19.3 Å². The molecular weight excluding hydrogens is 150 g/mol. The van der Waals surface area contributed by atoms with Gasteiger partial charge in [0.05, 0.1) is 0 Å². The topological polar surface area (TPSA) is 21.1 Å². The molecule has 3 nitrogen and oxygen atoms in total. The minimum Gasteiger partial charge on any atom is -0.355 e. The molecule has 1 radical (unpaired) electrons. The van der Waals surface area contributed by atoms with Crippen molar-refractivity contribution < 1.29 is 0 Å². The van der Waals surface area contributed by atoms with Crippen molar-refractivity contribution in [1.29, 1.82) is 0 Å². The molecule has 0 aromatic carbocycles. The molecule has 0 N–H and O–H groups in total. The summed E-state index contributed by atoms with van der Waals surface area (Å²) >= 11 is 0. The summed E-state index contributed by atoms with van der Waals surface area (Å²) in [5.41, 5.74) is 0. The van der Waals surface area contributed by atoms with E-state index >= 15 is 0 Å². The number of anilines is 1. The molecule has 0 saturated carbocycles. The van der Waals surface area contributed by atoms with Crippen LogP contribution in [0.1, 0.15) is 19.3 Å². The van der Waals surface area contributed by atoms with E-state index in [9.17, 15) is 0 Å². The van der Waals surface area contributed by atoms with Gasteiger partial charge in [0.1, 0.15) is 5.82 Å². The van der Waals surface area contributed by atoms with E-state index in [2.05, 4.69) is 16.2 Å². The highest BCUT2D eigenvalue weighted by molar-refractivity contribution is 5.35. The second-order valence-corrected chi connectivity index (χ2v) is 3.36. The number of hydrogen-bond acceptors (Lipinski definition) is 2. The number of nitrogens with zero attached hydrogens (tertiary/aromatic N) is 3. The highest BCUT2D eigenvalue weighted by atomic mass is 15.2. The Labute approximate surface area is 73.0 Å². The van der Waals surface area contributed by atoms with E-state index in [0.717, 1.165) is 18.9 Å². The third-order valence-corrected chi connectivity index (χ3v) is 2.31. The summed E-state index contributed by atoms with van der Waals surface area (Å²) in [4.78, 5) is 6.54. The lowest BCUT2D eigenvalue weighted by Crippen LogP contribution is -2.29. The number of aryl methyl sites for hydroxylation is 1. The van der Waals surface area contributed by atoms with Gasteiger partial charge in [-0.2, -0.15) is 0 Å². The number of rotatable bonds is 1. The van der Waals surface area contributed by atoms with Crippen LogP contribution in [0.3, 0.4) is 0 Å². The lowest BCUT2D eigenvalue weighted by atomic mass is 10.1. The first-order valence-electron chi connectivity index (χ1n) is 4.52. The molecule has 1 fully saturated rings. The molecule has 1 aliphatic heterocycles. The normalized spacial score (nSPS) is 18.2. The van der Waals surface area contributed by atoms with Gasteiger partial charge in [0, 0.05) is 26.3 Å². The largest absolute Gasteiger partial charge is 0.355 e. The quantitative estimate of drug-likeness (QED) is 0.622. The van der Waals surface area contributed by atoms with Crippen LogP contribution in [0.4, 0.5) is 5.82 Å². The molecule has 12 heavy (non-hydrogen) atoms. The van der Waals surface area contributed by atoms with Gasteiger partial charge in [-0.05, 0) is 19.3 Å². The minimum atomic E-state index is 1.08. The Balaban J connectivity index is 2.08. The number of piperidine rings is 1. The summed E-state index contributed by atoms with van der Waals surface area (Å²) in [5, 5.41) is 0.